The van der Waals surface area contributed by atoms with E-state index in [-0.39, 0.29) is 25.0 Å². The van der Waals surface area contributed by atoms with Crippen molar-refractivity contribution in [3.63, 3.8) is 0 Å². The number of anilines is 1. The van der Waals surface area contributed by atoms with Gasteiger partial charge in [-0.3, -0.25) is 14.4 Å². The third-order valence-corrected chi connectivity index (χ3v) is 3.10. The molecule has 1 atom stereocenters. The Morgan fingerprint density at radius 1 is 1.04 bits per heavy atom. The summed E-state index contributed by atoms with van der Waals surface area (Å²) < 4.78 is 0. The van der Waals surface area contributed by atoms with Crippen LogP contribution in [0.5, 0.6) is 0 Å². The van der Waals surface area contributed by atoms with E-state index >= 15 is 0 Å². The van der Waals surface area contributed by atoms with E-state index in [1.807, 2.05) is 6.92 Å². The van der Waals surface area contributed by atoms with Gasteiger partial charge in [-0.2, -0.15) is 0 Å². The fraction of sp³-hybridized carbons (Fsp3) is 0.526. The van der Waals surface area contributed by atoms with Crippen molar-refractivity contribution in [3.8, 4) is 0 Å². The first kappa shape index (κ1) is 23.6. The highest BCUT2D eigenvalue weighted by molar-refractivity contribution is 5.97. The van der Waals surface area contributed by atoms with Gasteiger partial charge in [0.25, 0.3) is 0 Å². The number of aliphatic hydroxyl groups excluding tert-OH is 1. The lowest BCUT2D eigenvalue weighted by molar-refractivity contribution is -0.128. The van der Waals surface area contributed by atoms with Crippen LogP contribution in [0.25, 0.3) is 0 Å². The molecule has 7 heteroatoms. The quantitative estimate of drug-likeness (QED) is 0.565. The topological polar surface area (TPSA) is 108 Å². The van der Waals surface area contributed by atoms with Gasteiger partial charge in [-0.05, 0) is 31.0 Å². The maximum absolute atomic E-state index is 12.0. The molecule has 0 aliphatic rings. The Morgan fingerprint density at radius 3 is 2.12 bits per heavy atom. The molecule has 0 aliphatic carbocycles. The molecular formula is C19H31N3O4. The number of amides is 3. The summed E-state index contributed by atoms with van der Waals surface area (Å²) in [5.41, 5.74) is 1.32. The summed E-state index contributed by atoms with van der Waals surface area (Å²) >= 11 is 0. The molecule has 0 heterocycles. The van der Waals surface area contributed by atoms with Crippen molar-refractivity contribution < 1.29 is 19.5 Å². The molecule has 1 aromatic carbocycles. The van der Waals surface area contributed by atoms with Crippen molar-refractivity contribution in [3.05, 3.63) is 29.8 Å². The number of rotatable bonds is 8. The maximum atomic E-state index is 12.0. The zero-order chi connectivity index (χ0) is 19.9. The monoisotopic (exact) mass is 365 g/mol. The number of nitrogens with one attached hydrogen (secondary N) is 3. The molecule has 1 aromatic rings. The zero-order valence-corrected chi connectivity index (χ0v) is 16.1. The van der Waals surface area contributed by atoms with Crippen LogP contribution in [-0.4, -0.2) is 35.4 Å². The summed E-state index contributed by atoms with van der Waals surface area (Å²) in [7, 11) is 0. The average molecular weight is 365 g/mol. The van der Waals surface area contributed by atoms with Crippen molar-refractivity contribution >= 4 is 23.4 Å². The molecule has 0 spiro atoms. The molecule has 3 amide bonds. The molecule has 0 saturated carbocycles. The zero-order valence-electron chi connectivity index (χ0n) is 16.1. The van der Waals surface area contributed by atoms with Crippen LogP contribution in [0.4, 0.5) is 5.69 Å². The number of carbonyl (C=O) groups is 3. The second-order valence-corrected chi connectivity index (χ2v) is 5.87. The fourth-order valence-electron chi connectivity index (χ4n) is 1.80. The van der Waals surface area contributed by atoms with Gasteiger partial charge < -0.3 is 21.1 Å². The Kier molecular flexibility index (Phi) is 12.6. The van der Waals surface area contributed by atoms with Crippen molar-refractivity contribution in [2.45, 2.75) is 59.6 Å². The third kappa shape index (κ3) is 10.5. The molecule has 26 heavy (non-hydrogen) atoms. The predicted molar refractivity (Wildman–Crippen MR) is 102 cm³/mol. The van der Waals surface area contributed by atoms with Gasteiger partial charge in [-0.15, -0.1) is 0 Å². The Bertz CT molecular complexity index is 558. The third-order valence-electron chi connectivity index (χ3n) is 3.10. The van der Waals surface area contributed by atoms with Crippen LogP contribution < -0.4 is 16.0 Å². The molecule has 0 unspecified atom stereocenters. The standard InChI is InChI=1S/C16H23N3O4.C3H8/c1-3-4-14(21)17-9-15(22)18-11(2)16(23)19-13-7-5-12(10-20)6-8-13;1-3-2/h5-8,11,20H,3-4,9-10H2,1-2H3,(H,17,21)(H,18,22)(H,19,23);3H2,1-2H3/t11-;/m0./s1. The normalized spacial score (nSPS) is 10.8. The minimum Gasteiger partial charge on any atom is -0.392 e. The van der Waals surface area contributed by atoms with E-state index in [0.29, 0.717) is 18.5 Å². The highest BCUT2D eigenvalue weighted by atomic mass is 16.3. The highest BCUT2D eigenvalue weighted by Gasteiger charge is 2.16. The number of aliphatic hydroxyl groups is 1. The van der Waals surface area contributed by atoms with Crippen molar-refractivity contribution in [1.82, 2.24) is 10.6 Å². The van der Waals surface area contributed by atoms with Gasteiger partial charge >= 0.3 is 0 Å². The summed E-state index contributed by atoms with van der Waals surface area (Å²) in [5.74, 6) is -0.980. The smallest absolute Gasteiger partial charge is 0.246 e. The number of benzene rings is 1. The summed E-state index contributed by atoms with van der Waals surface area (Å²) in [6.07, 6.45) is 2.33. The van der Waals surface area contributed by atoms with Crippen LogP contribution in [0.3, 0.4) is 0 Å². The van der Waals surface area contributed by atoms with E-state index < -0.39 is 11.9 Å². The molecule has 0 saturated heterocycles. The molecule has 0 radical (unpaired) electrons. The fourth-order valence-corrected chi connectivity index (χ4v) is 1.80. The van der Waals surface area contributed by atoms with Crippen LogP contribution >= 0.6 is 0 Å². The molecule has 0 aromatic heterocycles. The average Bonchev–Trinajstić information content (AvgIpc) is 2.61. The van der Waals surface area contributed by atoms with E-state index in [1.165, 1.54) is 6.42 Å². The summed E-state index contributed by atoms with van der Waals surface area (Å²) in [6, 6.07) is 6.00. The number of carbonyl (C=O) groups excluding carboxylic acids is 3. The number of hydrogen-bond acceptors (Lipinski definition) is 4. The summed E-state index contributed by atoms with van der Waals surface area (Å²) in [5, 5.41) is 16.6. The maximum Gasteiger partial charge on any atom is 0.246 e. The van der Waals surface area contributed by atoms with Crippen LogP contribution in [0.15, 0.2) is 24.3 Å². The molecular weight excluding hydrogens is 334 g/mol. The van der Waals surface area contributed by atoms with Gasteiger partial charge in [0.15, 0.2) is 0 Å². The lowest BCUT2D eigenvalue weighted by Gasteiger charge is -2.14. The Balaban J connectivity index is 0.00000194. The van der Waals surface area contributed by atoms with Crippen molar-refractivity contribution in [2.75, 3.05) is 11.9 Å². The first-order chi connectivity index (χ1) is 12.4. The molecule has 0 fully saturated rings. The van der Waals surface area contributed by atoms with Crippen LogP contribution in [0, 0.1) is 0 Å². The Labute approximate surface area is 155 Å². The predicted octanol–water partition coefficient (Wildman–Crippen LogP) is 1.95. The molecule has 7 nitrogen and oxygen atoms in total. The van der Waals surface area contributed by atoms with Gasteiger partial charge in [0.2, 0.25) is 17.7 Å². The highest BCUT2D eigenvalue weighted by Crippen LogP contribution is 2.09. The Hall–Kier alpha value is -2.41. The largest absolute Gasteiger partial charge is 0.392 e. The van der Waals surface area contributed by atoms with E-state index in [4.69, 9.17) is 5.11 Å². The second-order valence-electron chi connectivity index (χ2n) is 5.87. The summed E-state index contributed by atoms with van der Waals surface area (Å²) in [4.78, 5) is 34.9. The van der Waals surface area contributed by atoms with Gasteiger partial charge in [0, 0.05) is 12.1 Å². The second kappa shape index (κ2) is 13.8. The Morgan fingerprint density at radius 2 is 1.62 bits per heavy atom. The van der Waals surface area contributed by atoms with E-state index in [1.54, 1.807) is 31.2 Å². The molecule has 0 bridgehead atoms. The van der Waals surface area contributed by atoms with Gasteiger partial charge in [0.1, 0.15) is 6.04 Å². The molecule has 146 valence electrons. The lowest BCUT2D eigenvalue weighted by atomic mass is 10.2. The lowest BCUT2D eigenvalue weighted by Crippen LogP contribution is -2.45. The van der Waals surface area contributed by atoms with Crippen molar-refractivity contribution in [2.24, 2.45) is 0 Å². The first-order valence-electron chi connectivity index (χ1n) is 8.94. The van der Waals surface area contributed by atoms with Crippen LogP contribution in [-0.2, 0) is 21.0 Å². The van der Waals surface area contributed by atoms with Gasteiger partial charge in [-0.25, -0.2) is 0 Å². The minimum absolute atomic E-state index is 0.0650. The number of hydrogen-bond donors (Lipinski definition) is 4. The molecule has 4 N–H and O–H groups in total. The van der Waals surface area contributed by atoms with Crippen molar-refractivity contribution in [1.29, 1.82) is 0 Å². The van der Waals surface area contributed by atoms with E-state index in [2.05, 4.69) is 29.8 Å². The van der Waals surface area contributed by atoms with E-state index in [9.17, 15) is 14.4 Å². The first-order valence-corrected chi connectivity index (χ1v) is 8.94. The summed E-state index contributed by atoms with van der Waals surface area (Å²) in [6.45, 7) is 7.47. The molecule has 1 rings (SSSR count). The van der Waals surface area contributed by atoms with Crippen LogP contribution in [0.2, 0.25) is 0 Å². The molecule has 0 aliphatic heterocycles. The van der Waals surface area contributed by atoms with Gasteiger partial charge in [0.05, 0.1) is 13.2 Å². The van der Waals surface area contributed by atoms with Crippen LogP contribution in [0.1, 0.15) is 52.5 Å². The van der Waals surface area contributed by atoms with E-state index in [0.717, 1.165) is 5.56 Å². The van der Waals surface area contributed by atoms with Gasteiger partial charge in [-0.1, -0.05) is 39.3 Å². The SMILES string of the molecule is CCC.CCCC(=O)NCC(=O)N[C@@H](C)C(=O)Nc1ccc(CO)cc1. The minimum atomic E-state index is -0.733.